The van der Waals surface area contributed by atoms with Crippen molar-refractivity contribution < 1.29 is 9.47 Å². The fraction of sp³-hybridized carbons (Fsp3) is 0.708. The largest absolute Gasteiger partial charge is 0.492 e. The van der Waals surface area contributed by atoms with Gasteiger partial charge in [-0.05, 0) is 48.3 Å². The zero-order chi connectivity index (χ0) is 21.4. The van der Waals surface area contributed by atoms with Crippen molar-refractivity contribution in [3.63, 3.8) is 0 Å². The Hall–Kier alpha value is -1.79. The quantitative estimate of drug-likeness (QED) is 0.407. The molecule has 3 rings (SSSR count). The highest BCUT2D eigenvalue weighted by molar-refractivity contribution is 5.79. The third kappa shape index (κ3) is 7.17. The van der Waals surface area contributed by atoms with E-state index in [2.05, 4.69) is 59.5 Å². The van der Waals surface area contributed by atoms with Gasteiger partial charge in [-0.2, -0.15) is 0 Å². The van der Waals surface area contributed by atoms with E-state index in [1.807, 2.05) is 13.1 Å². The summed E-state index contributed by atoms with van der Waals surface area (Å²) in [6.07, 6.45) is 3.53. The van der Waals surface area contributed by atoms with Crippen LogP contribution in [0.2, 0.25) is 0 Å². The molecule has 2 aliphatic heterocycles. The highest BCUT2D eigenvalue weighted by Gasteiger charge is 2.24. The van der Waals surface area contributed by atoms with Crippen LogP contribution in [-0.4, -0.2) is 69.9 Å². The molecule has 2 saturated heterocycles. The van der Waals surface area contributed by atoms with E-state index in [1.165, 1.54) is 18.5 Å². The lowest BCUT2D eigenvalue weighted by atomic mass is 9.87. The number of benzene rings is 1. The number of piperidine rings is 1. The Bertz CT molecular complexity index is 672. The molecule has 6 nitrogen and oxygen atoms in total. The number of hydrogen-bond donors (Lipinski definition) is 2. The van der Waals surface area contributed by atoms with Crippen LogP contribution in [-0.2, 0) is 10.2 Å². The van der Waals surface area contributed by atoms with Crippen molar-refractivity contribution in [3.05, 3.63) is 29.8 Å². The van der Waals surface area contributed by atoms with E-state index >= 15 is 0 Å². The molecule has 1 aromatic rings. The van der Waals surface area contributed by atoms with Crippen LogP contribution in [0, 0.1) is 5.92 Å². The third-order valence-corrected chi connectivity index (χ3v) is 6.06. The molecule has 30 heavy (non-hydrogen) atoms. The summed E-state index contributed by atoms with van der Waals surface area (Å²) in [5, 5.41) is 6.96. The molecule has 0 amide bonds. The molecular weight excluding hydrogens is 376 g/mol. The maximum atomic E-state index is 5.94. The lowest BCUT2D eigenvalue weighted by Crippen LogP contribution is -2.49. The van der Waals surface area contributed by atoms with Crippen LogP contribution < -0.4 is 15.4 Å². The van der Waals surface area contributed by atoms with Gasteiger partial charge in [0.05, 0.1) is 13.2 Å². The molecule has 2 N–H and O–H groups in total. The molecule has 2 fully saturated rings. The van der Waals surface area contributed by atoms with Crippen molar-refractivity contribution in [3.8, 4) is 5.75 Å². The minimum absolute atomic E-state index is 0.129. The Kier molecular flexibility index (Phi) is 8.40. The number of hydrogen-bond acceptors (Lipinski definition) is 4. The molecule has 0 saturated carbocycles. The molecule has 6 heteroatoms. The Morgan fingerprint density at radius 2 is 2.03 bits per heavy atom. The predicted molar refractivity (Wildman–Crippen MR) is 124 cm³/mol. The Balaban J connectivity index is 1.33. The number of nitrogens with one attached hydrogen (secondary N) is 2. The predicted octanol–water partition coefficient (Wildman–Crippen LogP) is 3.03. The maximum absolute atomic E-state index is 5.94. The highest BCUT2D eigenvalue weighted by atomic mass is 16.5. The van der Waals surface area contributed by atoms with Gasteiger partial charge in [0.15, 0.2) is 5.96 Å². The molecule has 0 radical (unpaired) electrons. The van der Waals surface area contributed by atoms with Crippen molar-refractivity contribution in [2.75, 3.05) is 53.0 Å². The van der Waals surface area contributed by atoms with Crippen LogP contribution in [0.4, 0.5) is 0 Å². The van der Waals surface area contributed by atoms with Crippen LogP contribution in [0.15, 0.2) is 29.3 Å². The average Bonchev–Trinajstić information content (AvgIpc) is 3.24. The summed E-state index contributed by atoms with van der Waals surface area (Å²) in [5.74, 6) is 2.52. The van der Waals surface area contributed by atoms with E-state index in [-0.39, 0.29) is 5.41 Å². The Morgan fingerprint density at radius 1 is 1.23 bits per heavy atom. The fourth-order valence-corrected chi connectivity index (χ4v) is 4.13. The number of aliphatic imine (C=N–C) groups is 1. The van der Waals surface area contributed by atoms with Gasteiger partial charge in [0.25, 0.3) is 0 Å². The van der Waals surface area contributed by atoms with Gasteiger partial charge in [0.1, 0.15) is 12.4 Å². The van der Waals surface area contributed by atoms with Crippen molar-refractivity contribution in [2.24, 2.45) is 10.9 Å². The molecule has 168 valence electrons. The zero-order valence-corrected chi connectivity index (χ0v) is 19.2. The van der Waals surface area contributed by atoms with Gasteiger partial charge < -0.3 is 25.0 Å². The van der Waals surface area contributed by atoms with Crippen LogP contribution in [0.25, 0.3) is 0 Å². The van der Waals surface area contributed by atoms with E-state index < -0.39 is 0 Å². The van der Waals surface area contributed by atoms with Gasteiger partial charge >= 0.3 is 0 Å². The first kappa shape index (κ1) is 22.9. The number of guanidine groups is 1. The van der Waals surface area contributed by atoms with E-state index in [0.717, 1.165) is 63.3 Å². The molecule has 1 aromatic carbocycles. The summed E-state index contributed by atoms with van der Waals surface area (Å²) in [7, 11) is 1.83. The zero-order valence-electron chi connectivity index (χ0n) is 19.2. The molecule has 0 aliphatic carbocycles. The van der Waals surface area contributed by atoms with Gasteiger partial charge in [-0.15, -0.1) is 0 Å². The lowest BCUT2D eigenvalue weighted by Gasteiger charge is -2.34. The van der Waals surface area contributed by atoms with Gasteiger partial charge in [0, 0.05) is 39.3 Å². The second kappa shape index (κ2) is 11.0. The van der Waals surface area contributed by atoms with Gasteiger partial charge in [-0.1, -0.05) is 32.9 Å². The number of ether oxygens (including phenoxy) is 2. The average molecular weight is 417 g/mol. The van der Waals surface area contributed by atoms with Crippen molar-refractivity contribution in [1.82, 2.24) is 15.5 Å². The first-order valence-corrected chi connectivity index (χ1v) is 11.4. The van der Waals surface area contributed by atoms with Crippen LogP contribution >= 0.6 is 0 Å². The number of rotatable bonds is 7. The second-order valence-corrected chi connectivity index (χ2v) is 9.57. The minimum Gasteiger partial charge on any atom is -0.492 e. The molecule has 2 heterocycles. The van der Waals surface area contributed by atoms with E-state index in [1.54, 1.807) is 0 Å². The summed E-state index contributed by atoms with van der Waals surface area (Å²) >= 11 is 0. The van der Waals surface area contributed by atoms with E-state index in [9.17, 15) is 0 Å². The van der Waals surface area contributed by atoms with Crippen molar-refractivity contribution >= 4 is 5.96 Å². The fourth-order valence-electron chi connectivity index (χ4n) is 4.13. The Morgan fingerprint density at radius 3 is 2.70 bits per heavy atom. The monoisotopic (exact) mass is 416 g/mol. The highest BCUT2D eigenvalue weighted by Crippen LogP contribution is 2.25. The molecule has 0 bridgehead atoms. The van der Waals surface area contributed by atoms with Crippen LogP contribution in [0.5, 0.6) is 5.75 Å². The minimum atomic E-state index is 0.129. The van der Waals surface area contributed by atoms with Crippen LogP contribution in [0.1, 0.15) is 45.6 Å². The summed E-state index contributed by atoms with van der Waals surface area (Å²) in [4.78, 5) is 6.97. The molecule has 0 aromatic heterocycles. The van der Waals surface area contributed by atoms with E-state index in [0.29, 0.717) is 12.6 Å². The third-order valence-electron chi connectivity index (χ3n) is 6.06. The molecule has 0 spiro atoms. The maximum Gasteiger partial charge on any atom is 0.191 e. The summed E-state index contributed by atoms with van der Waals surface area (Å²) in [6, 6.07) is 8.86. The number of nitrogens with zero attached hydrogens (tertiary/aromatic N) is 2. The molecule has 2 aliphatic rings. The summed E-state index contributed by atoms with van der Waals surface area (Å²) < 4.78 is 11.5. The topological polar surface area (TPSA) is 58.1 Å². The van der Waals surface area contributed by atoms with Gasteiger partial charge in [-0.25, -0.2) is 0 Å². The lowest BCUT2D eigenvalue weighted by molar-refractivity contribution is 0.150. The standard InChI is InChI=1S/C24H40N4O2/c1-24(2,3)20-6-5-7-22(16-20)30-15-11-26-23(25-4)27-21-8-12-28(13-9-21)17-19-10-14-29-18-19/h5-7,16,19,21H,8-15,17-18H2,1-4H3,(H2,25,26,27). The molecule has 1 atom stereocenters. The smallest absolute Gasteiger partial charge is 0.191 e. The SMILES string of the molecule is CN=C(NCCOc1cccc(C(C)(C)C)c1)NC1CCN(CC2CCOC2)CC1. The summed E-state index contributed by atoms with van der Waals surface area (Å²) in [5.41, 5.74) is 1.42. The van der Waals surface area contributed by atoms with Gasteiger partial charge in [0.2, 0.25) is 0 Å². The van der Waals surface area contributed by atoms with Crippen molar-refractivity contribution in [2.45, 2.75) is 51.5 Å². The number of likely N-dealkylation sites (tertiary alicyclic amines) is 1. The molecular formula is C24H40N4O2. The normalized spacial score (nSPS) is 21.6. The first-order chi connectivity index (χ1) is 14.4. The van der Waals surface area contributed by atoms with Crippen molar-refractivity contribution in [1.29, 1.82) is 0 Å². The molecule has 1 unspecified atom stereocenters. The Labute approximate surface area is 182 Å². The first-order valence-electron chi connectivity index (χ1n) is 11.4. The van der Waals surface area contributed by atoms with Crippen LogP contribution in [0.3, 0.4) is 0 Å². The summed E-state index contributed by atoms with van der Waals surface area (Å²) in [6.45, 7) is 13.4. The van der Waals surface area contributed by atoms with Gasteiger partial charge in [-0.3, -0.25) is 4.99 Å². The van der Waals surface area contributed by atoms with E-state index in [4.69, 9.17) is 9.47 Å². The second-order valence-electron chi connectivity index (χ2n) is 9.57.